The van der Waals surface area contributed by atoms with Gasteiger partial charge in [-0.2, -0.15) is 0 Å². The molecule has 0 bridgehead atoms. The van der Waals surface area contributed by atoms with Crippen molar-refractivity contribution in [3.05, 3.63) is 64.1 Å². The van der Waals surface area contributed by atoms with Crippen molar-refractivity contribution in [1.29, 1.82) is 0 Å². The summed E-state index contributed by atoms with van der Waals surface area (Å²) in [4.78, 5) is 4.30. The van der Waals surface area contributed by atoms with Crippen LogP contribution in [0.2, 0.25) is 10.0 Å². The molecule has 0 saturated heterocycles. The van der Waals surface area contributed by atoms with Crippen LogP contribution in [0.25, 0.3) is 6.08 Å². The van der Waals surface area contributed by atoms with Crippen molar-refractivity contribution >= 4 is 41.0 Å². The smallest absolute Gasteiger partial charge is 0.0560 e. The predicted octanol–water partition coefficient (Wildman–Crippen LogP) is 5.72. The van der Waals surface area contributed by atoms with E-state index in [1.165, 1.54) is 5.56 Å². The third-order valence-electron chi connectivity index (χ3n) is 2.78. The molecule has 0 spiro atoms. The molecule has 0 amide bonds. The fourth-order valence-electron chi connectivity index (χ4n) is 1.73. The van der Waals surface area contributed by atoms with Gasteiger partial charge in [0.15, 0.2) is 0 Å². The molecule has 0 unspecified atom stereocenters. The van der Waals surface area contributed by atoms with Gasteiger partial charge in [0, 0.05) is 21.4 Å². The monoisotopic (exact) mass is 337 g/mol. The van der Waals surface area contributed by atoms with Gasteiger partial charge in [-0.1, -0.05) is 59.2 Å². The lowest BCUT2D eigenvalue weighted by atomic mass is 10.2. The molecule has 0 aliphatic heterocycles. The molecule has 1 nitrogen and oxygen atoms in total. The van der Waals surface area contributed by atoms with E-state index in [9.17, 15) is 0 Å². The molecule has 2 rings (SSSR count). The Hall–Kier alpha value is -0.930. The van der Waals surface area contributed by atoms with Crippen LogP contribution >= 0.6 is 35.0 Å². The van der Waals surface area contributed by atoms with Crippen LogP contribution in [-0.2, 0) is 0 Å². The summed E-state index contributed by atoms with van der Waals surface area (Å²) < 4.78 is 0. The van der Waals surface area contributed by atoms with Gasteiger partial charge in [-0.3, -0.25) is 0 Å². The molecule has 0 saturated carbocycles. The molecule has 21 heavy (non-hydrogen) atoms. The molecule has 0 aromatic heterocycles. The molecule has 0 aliphatic carbocycles. The molecule has 0 heterocycles. The highest BCUT2D eigenvalue weighted by Crippen LogP contribution is 2.34. The van der Waals surface area contributed by atoms with Gasteiger partial charge in [0.1, 0.15) is 0 Å². The summed E-state index contributed by atoms with van der Waals surface area (Å²) in [6.45, 7) is 0.941. The average Bonchev–Trinajstić information content (AvgIpc) is 2.43. The zero-order valence-electron chi connectivity index (χ0n) is 12.0. The van der Waals surface area contributed by atoms with Crippen LogP contribution < -0.4 is 0 Å². The standard InChI is InChI=1S/C17H17Cl2NS/c1-20(2)11-3-4-13-5-8-15(9-6-13)21-17-10-7-14(18)12-16(17)19/h3-10,12H,11H2,1-2H3. The van der Waals surface area contributed by atoms with E-state index in [0.29, 0.717) is 10.0 Å². The molecular weight excluding hydrogens is 321 g/mol. The average molecular weight is 338 g/mol. The van der Waals surface area contributed by atoms with E-state index in [0.717, 1.165) is 16.3 Å². The second-order valence-electron chi connectivity index (χ2n) is 4.91. The zero-order valence-corrected chi connectivity index (χ0v) is 14.3. The number of hydrogen-bond donors (Lipinski definition) is 0. The van der Waals surface area contributed by atoms with Crippen molar-refractivity contribution < 1.29 is 0 Å². The first-order valence-electron chi connectivity index (χ1n) is 6.59. The Bertz CT molecular complexity index is 621. The fraction of sp³-hybridized carbons (Fsp3) is 0.176. The van der Waals surface area contributed by atoms with Gasteiger partial charge >= 0.3 is 0 Å². The van der Waals surface area contributed by atoms with Crippen molar-refractivity contribution in [2.75, 3.05) is 20.6 Å². The van der Waals surface area contributed by atoms with Gasteiger partial charge < -0.3 is 4.90 Å². The summed E-state index contributed by atoms with van der Waals surface area (Å²) in [5.41, 5.74) is 1.20. The highest BCUT2D eigenvalue weighted by atomic mass is 35.5. The normalized spacial score (nSPS) is 11.5. The summed E-state index contributed by atoms with van der Waals surface area (Å²) in [5.74, 6) is 0. The highest BCUT2D eigenvalue weighted by molar-refractivity contribution is 7.99. The molecule has 2 aromatic carbocycles. The maximum atomic E-state index is 6.19. The molecular formula is C17H17Cl2NS. The number of halogens is 2. The van der Waals surface area contributed by atoms with E-state index >= 15 is 0 Å². The largest absolute Gasteiger partial charge is 0.306 e. The van der Waals surface area contributed by atoms with Gasteiger partial charge in [-0.05, 0) is 50.0 Å². The van der Waals surface area contributed by atoms with E-state index in [2.05, 4.69) is 55.4 Å². The third kappa shape index (κ3) is 5.40. The maximum Gasteiger partial charge on any atom is 0.0560 e. The van der Waals surface area contributed by atoms with Crippen molar-refractivity contribution in [3.63, 3.8) is 0 Å². The maximum absolute atomic E-state index is 6.19. The Labute approximate surface area is 140 Å². The van der Waals surface area contributed by atoms with Crippen molar-refractivity contribution in [2.24, 2.45) is 0 Å². The van der Waals surface area contributed by atoms with Crippen LogP contribution in [0.5, 0.6) is 0 Å². The quantitative estimate of drug-likeness (QED) is 0.686. The Balaban J connectivity index is 2.03. The van der Waals surface area contributed by atoms with Crippen LogP contribution in [0, 0.1) is 0 Å². The van der Waals surface area contributed by atoms with Gasteiger partial charge in [0.25, 0.3) is 0 Å². The lowest BCUT2D eigenvalue weighted by molar-refractivity contribution is 0.457. The van der Waals surface area contributed by atoms with E-state index in [1.54, 1.807) is 17.8 Å². The SMILES string of the molecule is CN(C)CC=Cc1ccc(Sc2ccc(Cl)cc2Cl)cc1. The van der Waals surface area contributed by atoms with E-state index in [-0.39, 0.29) is 0 Å². The first-order chi connectivity index (χ1) is 10.0. The zero-order chi connectivity index (χ0) is 15.2. The minimum absolute atomic E-state index is 0.658. The summed E-state index contributed by atoms with van der Waals surface area (Å²) in [5, 5.41) is 1.34. The Morgan fingerprint density at radius 2 is 1.76 bits per heavy atom. The van der Waals surface area contributed by atoms with Crippen molar-refractivity contribution in [3.8, 4) is 0 Å². The number of rotatable bonds is 5. The van der Waals surface area contributed by atoms with Gasteiger partial charge in [0.05, 0.1) is 5.02 Å². The molecule has 0 aliphatic rings. The second kappa shape index (κ2) is 7.90. The summed E-state index contributed by atoms with van der Waals surface area (Å²) >= 11 is 13.7. The van der Waals surface area contributed by atoms with Crippen molar-refractivity contribution in [1.82, 2.24) is 4.90 Å². The predicted molar refractivity (Wildman–Crippen MR) is 94.6 cm³/mol. The van der Waals surface area contributed by atoms with E-state index in [1.807, 2.05) is 12.1 Å². The Kier molecular flexibility index (Phi) is 6.19. The van der Waals surface area contributed by atoms with Gasteiger partial charge in [-0.15, -0.1) is 0 Å². The number of nitrogens with zero attached hydrogens (tertiary/aromatic N) is 1. The topological polar surface area (TPSA) is 3.24 Å². The third-order valence-corrected chi connectivity index (χ3v) is 4.53. The molecule has 2 aromatic rings. The molecule has 0 radical (unpaired) electrons. The van der Waals surface area contributed by atoms with E-state index in [4.69, 9.17) is 23.2 Å². The van der Waals surface area contributed by atoms with Gasteiger partial charge in [-0.25, -0.2) is 0 Å². The summed E-state index contributed by atoms with van der Waals surface area (Å²) in [7, 11) is 4.11. The molecule has 0 atom stereocenters. The molecule has 110 valence electrons. The lowest BCUT2D eigenvalue weighted by Crippen LogP contribution is -2.10. The molecule has 4 heteroatoms. The number of benzene rings is 2. The first-order valence-corrected chi connectivity index (χ1v) is 8.16. The van der Waals surface area contributed by atoms with Crippen LogP contribution in [0.1, 0.15) is 5.56 Å². The van der Waals surface area contributed by atoms with Crippen molar-refractivity contribution in [2.45, 2.75) is 9.79 Å². The van der Waals surface area contributed by atoms with Crippen LogP contribution in [0.3, 0.4) is 0 Å². The summed E-state index contributed by atoms with van der Waals surface area (Å²) in [6, 6.07) is 14.0. The Morgan fingerprint density at radius 3 is 2.38 bits per heavy atom. The lowest BCUT2D eigenvalue weighted by Gasteiger charge is -2.06. The molecule has 0 N–H and O–H groups in total. The van der Waals surface area contributed by atoms with Crippen LogP contribution in [0.4, 0.5) is 0 Å². The fourth-order valence-corrected chi connectivity index (χ4v) is 3.07. The molecule has 0 fully saturated rings. The van der Waals surface area contributed by atoms with Crippen LogP contribution in [0.15, 0.2) is 58.3 Å². The highest BCUT2D eigenvalue weighted by Gasteiger charge is 2.03. The number of likely N-dealkylation sites (N-methyl/N-ethyl adjacent to an activating group) is 1. The van der Waals surface area contributed by atoms with Crippen LogP contribution in [-0.4, -0.2) is 25.5 Å². The minimum Gasteiger partial charge on any atom is -0.306 e. The first kappa shape index (κ1) is 16.4. The number of hydrogen-bond acceptors (Lipinski definition) is 2. The second-order valence-corrected chi connectivity index (χ2v) is 6.87. The minimum atomic E-state index is 0.658. The van der Waals surface area contributed by atoms with Gasteiger partial charge in [0.2, 0.25) is 0 Å². The Morgan fingerprint density at radius 1 is 1.05 bits per heavy atom. The summed E-state index contributed by atoms with van der Waals surface area (Å²) in [6.07, 6.45) is 4.28. The van der Waals surface area contributed by atoms with E-state index < -0.39 is 0 Å².